The molecule has 3 unspecified atom stereocenters. The van der Waals surface area contributed by atoms with E-state index in [9.17, 15) is 8.78 Å². The number of halogens is 2. The average molecular weight is 417 g/mol. The zero-order chi connectivity index (χ0) is 21.1. The summed E-state index contributed by atoms with van der Waals surface area (Å²) in [6.45, 7) is 4.43. The minimum atomic E-state index is -0.820. The highest BCUT2D eigenvalue weighted by Gasteiger charge is 2.40. The van der Waals surface area contributed by atoms with Gasteiger partial charge < -0.3 is 4.74 Å². The minimum Gasteiger partial charge on any atom is -0.491 e. The van der Waals surface area contributed by atoms with Gasteiger partial charge in [0.15, 0.2) is 11.6 Å². The first-order chi connectivity index (χ1) is 14.6. The highest BCUT2D eigenvalue weighted by molar-refractivity contribution is 5.33. The fourth-order valence-electron chi connectivity index (χ4n) is 6.68. The predicted molar refractivity (Wildman–Crippen MR) is 119 cm³/mol. The summed E-state index contributed by atoms with van der Waals surface area (Å²) in [5.74, 6) is 2.16. The topological polar surface area (TPSA) is 9.23 Å². The van der Waals surface area contributed by atoms with Gasteiger partial charge in [0.2, 0.25) is 5.82 Å². The molecule has 3 atom stereocenters. The van der Waals surface area contributed by atoms with Gasteiger partial charge in [0.05, 0.1) is 6.61 Å². The molecule has 2 fully saturated rings. The molecule has 1 nitrogen and oxygen atoms in total. The van der Waals surface area contributed by atoms with Crippen LogP contribution in [0.4, 0.5) is 8.78 Å². The van der Waals surface area contributed by atoms with Crippen molar-refractivity contribution >= 4 is 0 Å². The van der Waals surface area contributed by atoms with E-state index in [-0.39, 0.29) is 11.7 Å². The van der Waals surface area contributed by atoms with E-state index in [0.717, 1.165) is 49.4 Å². The molecule has 0 heterocycles. The molecule has 0 saturated heterocycles. The van der Waals surface area contributed by atoms with Crippen LogP contribution >= 0.6 is 0 Å². The molecule has 0 amide bonds. The molecule has 0 spiro atoms. The highest BCUT2D eigenvalue weighted by atomic mass is 19.2. The number of hydrogen-bond donors (Lipinski definition) is 0. The Kier molecular flexibility index (Phi) is 7.16. The first-order valence-electron chi connectivity index (χ1n) is 12.4. The van der Waals surface area contributed by atoms with Crippen LogP contribution in [-0.4, -0.2) is 6.61 Å². The van der Waals surface area contributed by atoms with Crippen molar-refractivity contribution in [3.8, 4) is 5.75 Å². The van der Waals surface area contributed by atoms with Crippen LogP contribution in [0.25, 0.3) is 0 Å². The number of allylic oxidation sites excluding steroid dienone is 2. The van der Waals surface area contributed by atoms with Crippen LogP contribution in [0.15, 0.2) is 23.8 Å². The van der Waals surface area contributed by atoms with Crippen molar-refractivity contribution < 1.29 is 13.5 Å². The van der Waals surface area contributed by atoms with Crippen molar-refractivity contribution in [2.75, 3.05) is 6.61 Å². The summed E-state index contributed by atoms with van der Waals surface area (Å²) in [5, 5.41) is 0. The predicted octanol–water partition coefficient (Wildman–Crippen LogP) is 8.19. The maximum absolute atomic E-state index is 14.6. The Morgan fingerprint density at radius 1 is 0.933 bits per heavy atom. The first-order valence-corrected chi connectivity index (χ1v) is 12.4. The van der Waals surface area contributed by atoms with E-state index >= 15 is 0 Å². The van der Waals surface area contributed by atoms with Crippen molar-refractivity contribution in [3.05, 3.63) is 41.0 Å². The summed E-state index contributed by atoms with van der Waals surface area (Å²) in [4.78, 5) is 0. The lowest BCUT2D eigenvalue weighted by Gasteiger charge is -2.30. The van der Waals surface area contributed by atoms with E-state index in [0.29, 0.717) is 12.2 Å². The summed E-state index contributed by atoms with van der Waals surface area (Å²) < 4.78 is 34.0. The quantitative estimate of drug-likeness (QED) is 0.388. The van der Waals surface area contributed by atoms with Crippen molar-refractivity contribution in [1.29, 1.82) is 0 Å². The lowest BCUT2D eigenvalue weighted by Crippen LogP contribution is -2.17. The van der Waals surface area contributed by atoms with Gasteiger partial charge in [-0.2, -0.15) is 4.39 Å². The van der Waals surface area contributed by atoms with Gasteiger partial charge >= 0.3 is 0 Å². The number of ether oxygens (including phenoxy) is 1. The molecule has 1 aromatic rings. The maximum atomic E-state index is 14.6. The number of hydrogen-bond acceptors (Lipinski definition) is 1. The average Bonchev–Trinajstić information content (AvgIpc) is 3.34. The summed E-state index contributed by atoms with van der Waals surface area (Å²) in [6.07, 6.45) is 16.3. The van der Waals surface area contributed by atoms with E-state index in [1.807, 2.05) is 0 Å². The number of fused-ring (bicyclic) bond motifs is 1. The van der Waals surface area contributed by atoms with Crippen molar-refractivity contribution in [2.24, 2.45) is 23.7 Å². The van der Waals surface area contributed by atoms with Gasteiger partial charge in [0.1, 0.15) is 0 Å². The second kappa shape index (κ2) is 9.83. The van der Waals surface area contributed by atoms with Crippen LogP contribution < -0.4 is 4.74 Å². The van der Waals surface area contributed by atoms with E-state index in [2.05, 4.69) is 13.0 Å². The molecule has 2 saturated carbocycles. The summed E-state index contributed by atoms with van der Waals surface area (Å²) >= 11 is 0. The van der Waals surface area contributed by atoms with Gasteiger partial charge in [-0.3, -0.25) is 0 Å². The molecular weight excluding hydrogens is 378 g/mol. The minimum absolute atomic E-state index is 0.0331. The molecule has 3 heteroatoms. The maximum Gasteiger partial charge on any atom is 0.200 e. The van der Waals surface area contributed by atoms with Gasteiger partial charge in [-0.1, -0.05) is 37.5 Å². The zero-order valence-electron chi connectivity index (χ0n) is 18.8. The Hall–Kier alpha value is -1.38. The Morgan fingerprint density at radius 2 is 1.73 bits per heavy atom. The monoisotopic (exact) mass is 416 g/mol. The highest BCUT2D eigenvalue weighted by Crippen LogP contribution is 2.51. The van der Waals surface area contributed by atoms with Crippen LogP contribution in [0.5, 0.6) is 5.75 Å². The summed E-state index contributed by atoms with van der Waals surface area (Å²) in [5.41, 5.74) is 2.31. The number of benzene rings is 1. The van der Waals surface area contributed by atoms with Crippen molar-refractivity contribution in [3.63, 3.8) is 0 Å². The largest absolute Gasteiger partial charge is 0.491 e. The van der Waals surface area contributed by atoms with Crippen LogP contribution in [0.1, 0.15) is 96.0 Å². The van der Waals surface area contributed by atoms with Gasteiger partial charge in [0.25, 0.3) is 0 Å². The summed E-state index contributed by atoms with van der Waals surface area (Å²) in [6, 6.07) is 3.34. The molecular formula is C27H38F2O. The molecule has 0 N–H and O–H groups in total. The Balaban J connectivity index is 1.26. The van der Waals surface area contributed by atoms with Crippen LogP contribution in [0, 0.1) is 35.3 Å². The zero-order valence-corrected chi connectivity index (χ0v) is 18.8. The molecule has 166 valence electrons. The van der Waals surface area contributed by atoms with E-state index < -0.39 is 11.6 Å². The third-order valence-electron chi connectivity index (χ3n) is 8.25. The SMILES string of the molecule is CCCC1=CCC2C(CCC3CCC(c4ccc(OCC)c(F)c4F)CC3)CCC12. The first kappa shape index (κ1) is 21.8. The molecule has 3 aliphatic rings. The standard InChI is InChI=1S/C27H38F2O/c1-3-5-19-12-14-23-20(13-15-22(19)23)9-6-18-7-10-21(11-8-18)24-16-17-25(30-4-2)27(29)26(24)28/h12,16-18,20-23H,3-11,13-15H2,1-2H3. The smallest absolute Gasteiger partial charge is 0.200 e. The van der Waals surface area contributed by atoms with Crippen LogP contribution in [0.3, 0.4) is 0 Å². The molecule has 1 aromatic carbocycles. The Bertz CT molecular complexity index is 747. The lowest BCUT2D eigenvalue weighted by atomic mass is 9.75. The fraction of sp³-hybridized carbons (Fsp3) is 0.704. The molecule has 3 aliphatic carbocycles. The van der Waals surface area contributed by atoms with Gasteiger partial charge in [-0.05, 0) is 106 Å². The van der Waals surface area contributed by atoms with Crippen molar-refractivity contribution in [2.45, 2.75) is 90.4 Å². The second-order valence-corrected chi connectivity index (χ2v) is 9.88. The van der Waals surface area contributed by atoms with E-state index in [4.69, 9.17) is 4.74 Å². The van der Waals surface area contributed by atoms with Crippen LogP contribution in [0.2, 0.25) is 0 Å². The molecule has 4 rings (SSSR count). The van der Waals surface area contributed by atoms with E-state index in [1.54, 1.807) is 24.6 Å². The van der Waals surface area contributed by atoms with E-state index in [1.165, 1.54) is 44.9 Å². The Labute approximate surface area is 181 Å². The normalized spacial score (nSPS) is 30.9. The van der Waals surface area contributed by atoms with Crippen molar-refractivity contribution in [1.82, 2.24) is 0 Å². The second-order valence-electron chi connectivity index (χ2n) is 9.88. The molecule has 0 aliphatic heterocycles. The fourth-order valence-corrected chi connectivity index (χ4v) is 6.68. The van der Waals surface area contributed by atoms with Gasteiger partial charge in [-0.25, -0.2) is 4.39 Å². The van der Waals surface area contributed by atoms with Gasteiger partial charge in [0, 0.05) is 0 Å². The molecule has 0 radical (unpaired) electrons. The number of rotatable bonds is 8. The summed E-state index contributed by atoms with van der Waals surface area (Å²) in [7, 11) is 0. The third kappa shape index (κ3) is 4.46. The van der Waals surface area contributed by atoms with Gasteiger partial charge in [-0.15, -0.1) is 0 Å². The van der Waals surface area contributed by atoms with Crippen LogP contribution in [-0.2, 0) is 0 Å². The Morgan fingerprint density at radius 3 is 2.47 bits per heavy atom. The molecule has 30 heavy (non-hydrogen) atoms. The lowest BCUT2D eigenvalue weighted by molar-refractivity contribution is 0.259. The molecule has 0 bridgehead atoms. The molecule has 0 aromatic heterocycles. The third-order valence-corrected chi connectivity index (χ3v) is 8.25.